The second-order valence-electron chi connectivity index (χ2n) is 7.16. The molecule has 1 aliphatic rings. The van der Waals surface area contributed by atoms with E-state index in [4.69, 9.17) is 4.74 Å². The second kappa shape index (κ2) is 6.69. The number of halogens is 1. The molecule has 1 aromatic heterocycles. The van der Waals surface area contributed by atoms with E-state index in [9.17, 15) is 9.60 Å². The van der Waals surface area contributed by atoms with Gasteiger partial charge in [0.15, 0.2) is 6.20 Å². The van der Waals surface area contributed by atoms with Crippen LogP contribution in [0.3, 0.4) is 0 Å². The van der Waals surface area contributed by atoms with E-state index in [1.165, 1.54) is 6.07 Å². The van der Waals surface area contributed by atoms with E-state index >= 15 is 0 Å². The van der Waals surface area contributed by atoms with Crippen molar-refractivity contribution in [1.29, 1.82) is 0 Å². The minimum atomic E-state index is -0.229. The van der Waals surface area contributed by atoms with Crippen molar-refractivity contribution in [2.24, 2.45) is 0 Å². The van der Waals surface area contributed by atoms with Gasteiger partial charge in [-0.1, -0.05) is 23.8 Å². The molecule has 3 nitrogen and oxygen atoms in total. The smallest absolute Gasteiger partial charge is 0.204 e. The molecule has 1 fully saturated rings. The van der Waals surface area contributed by atoms with Crippen molar-refractivity contribution in [2.75, 3.05) is 13.2 Å². The Bertz CT molecular complexity index is 978. The van der Waals surface area contributed by atoms with Gasteiger partial charge in [0, 0.05) is 24.0 Å². The number of rotatable bonds is 2. The van der Waals surface area contributed by atoms with Gasteiger partial charge in [0.2, 0.25) is 5.69 Å². The van der Waals surface area contributed by atoms with Gasteiger partial charge in [-0.15, -0.1) is 0 Å². The number of ether oxygens (including phenoxy) is 1. The van der Waals surface area contributed by atoms with Gasteiger partial charge in [0.05, 0.1) is 11.5 Å². The van der Waals surface area contributed by atoms with E-state index in [2.05, 4.69) is 12.1 Å². The van der Waals surface area contributed by atoms with Gasteiger partial charge in [0.1, 0.15) is 5.82 Å². The number of hydrogen-bond acceptors (Lipinski definition) is 2. The zero-order valence-electron chi connectivity index (χ0n) is 15.1. The predicted octanol–water partition coefficient (Wildman–Crippen LogP) is 4.79. The van der Waals surface area contributed by atoms with Crippen molar-refractivity contribution in [3.05, 3.63) is 70.4 Å². The Balaban J connectivity index is 2.03. The standard InChI is InChI=1S/C22H22FNO2/c1-14-3-5-19-18(11-14)13-24(25)22(16-7-9-26-10-8-16)21(19)17-4-6-20(23)15(2)12-17/h3-6,11-13,16H,7-10H2,1-2H3. The first-order chi connectivity index (χ1) is 12.5. The third-order valence-electron chi connectivity index (χ3n) is 5.28. The predicted molar refractivity (Wildman–Crippen MR) is 101 cm³/mol. The van der Waals surface area contributed by atoms with Crippen LogP contribution in [0.15, 0.2) is 42.6 Å². The maximum absolute atomic E-state index is 13.8. The molecule has 0 saturated carbocycles. The van der Waals surface area contributed by atoms with Crippen LogP contribution in [0.1, 0.15) is 35.6 Å². The first-order valence-corrected chi connectivity index (χ1v) is 9.05. The highest BCUT2D eigenvalue weighted by Gasteiger charge is 2.29. The highest BCUT2D eigenvalue weighted by atomic mass is 19.1. The van der Waals surface area contributed by atoms with Crippen LogP contribution in [0.5, 0.6) is 0 Å². The van der Waals surface area contributed by atoms with Crippen LogP contribution in [0, 0.1) is 24.9 Å². The molecule has 0 unspecified atom stereocenters. The van der Waals surface area contributed by atoms with Crippen LogP contribution in [0.4, 0.5) is 4.39 Å². The molecule has 4 heteroatoms. The van der Waals surface area contributed by atoms with E-state index in [1.807, 2.05) is 19.1 Å². The summed E-state index contributed by atoms with van der Waals surface area (Å²) in [6.45, 7) is 5.10. The molecule has 0 radical (unpaired) electrons. The highest BCUT2D eigenvalue weighted by molar-refractivity contribution is 5.97. The average Bonchev–Trinajstić information content (AvgIpc) is 2.63. The first kappa shape index (κ1) is 17.0. The number of fused-ring (bicyclic) bond motifs is 1. The molecule has 0 N–H and O–H groups in total. The Labute approximate surface area is 152 Å². The van der Waals surface area contributed by atoms with Crippen molar-refractivity contribution in [2.45, 2.75) is 32.6 Å². The molecule has 2 aromatic carbocycles. The number of aromatic nitrogens is 1. The quantitative estimate of drug-likeness (QED) is 0.492. The summed E-state index contributed by atoms with van der Waals surface area (Å²) >= 11 is 0. The van der Waals surface area contributed by atoms with Crippen molar-refractivity contribution in [3.8, 4) is 11.1 Å². The van der Waals surface area contributed by atoms with E-state index in [-0.39, 0.29) is 11.7 Å². The molecule has 0 amide bonds. The lowest BCUT2D eigenvalue weighted by Crippen LogP contribution is -2.36. The minimum absolute atomic E-state index is 0.146. The van der Waals surface area contributed by atoms with E-state index in [0.29, 0.717) is 18.8 Å². The van der Waals surface area contributed by atoms with Crippen LogP contribution in [-0.4, -0.2) is 13.2 Å². The third kappa shape index (κ3) is 2.95. The summed E-state index contributed by atoms with van der Waals surface area (Å²) in [7, 11) is 0. The lowest BCUT2D eigenvalue weighted by atomic mass is 9.87. The molecule has 0 bridgehead atoms. The maximum atomic E-state index is 13.8. The Hall–Kier alpha value is -2.46. The molecule has 3 aromatic rings. The normalized spacial score (nSPS) is 15.5. The molecule has 2 heterocycles. The van der Waals surface area contributed by atoms with Crippen molar-refractivity contribution in [3.63, 3.8) is 0 Å². The molecular formula is C22H22FNO2. The summed E-state index contributed by atoms with van der Waals surface area (Å²) in [5, 5.41) is 14.9. The van der Waals surface area contributed by atoms with Gasteiger partial charge in [0.25, 0.3) is 0 Å². The van der Waals surface area contributed by atoms with Crippen LogP contribution >= 0.6 is 0 Å². The summed E-state index contributed by atoms with van der Waals surface area (Å²) in [5.41, 5.74) is 4.28. The highest BCUT2D eigenvalue weighted by Crippen LogP contribution is 2.38. The Morgan fingerprint density at radius 1 is 1.08 bits per heavy atom. The Kier molecular flexibility index (Phi) is 4.37. The molecule has 4 rings (SSSR count). The third-order valence-corrected chi connectivity index (χ3v) is 5.28. The Morgan fingerprint density at radius 2 is 1.85 bits per heavy atom. The molecule has 0 aliphatic carbocycles. The summed E-state index contributed by atoms with van der Waals surface area (Å²) in [6.07, 6.45) is 3.33. The second-order valence-corrected chi connectivity index (χ2v) is 7.16. The van der Waals surface area contributed by atoms with Gasteiger partial charge in [-0.25, -0.2) is 4.39 Å². The van der Waals surface area contributed by atoms with Crippen LogP contribution in [-0.2, 0) is 4.74 Å². The number of pyridine rings is 1. The summed E-state index contributed by atoms with van der Waals surface area (Å²) < 4.78 is 20.3. The largest absolute Gasteiger partial charge is 0.618 e. The topological polar surface area (TPSA) is 36.2 Å². The fourth-order valence-corrected chi connectivity index (χ4v) is 3.92. The zero-order chi connectivity index (χ0) is 18.3. The summed E-state index contributed by atoms with van der Waals surface area (Å²) in [5.74, 6) is -0.0836. The van der Waals surface area contributed by atoms with Gasteiger partial charge >= 0.3 is 0 Å². The van der Waals surface area contributed by atoms with Crippen molar-refractivity contribution >= 4 is 10.8 Å². The molecule has 1 aliphatic heterocycles. The molecule has 0 atom stereocenters. The van der Waals surface area contributed by atoms with E-state index in [0.717, 1.165) is 50.7 Å². The number of aryl methyl sites for hydroxylation is 2. The zero-order valence-corrected chi connectivity index (χ0v) is 15.1. The van der Waals surface area contributed by atoms with Crippen LogP contribution < -0.4 is 4.73 Å². The number of nitrogens with zero attached hydrogens (tertiary/aromatic N) is 1. The van der Waals surface area contributed by atoms with Gasteiger partial charge < -0.3 is 9.94 Å². The molecule has 134 valence electrons. The first-order valence-electron chi connectivity index (χ1n) is 9.05. The lowest BCUT2D eigenvalue weighted by Gasteiger charge is -2.24. The fraction of sp³-hybridized carbons (Fsp3) is 0.318. The number of hydrogen-bond donors (Lipinski definition) is 0. The molecular weight excluding hydrogens is 329 g/mol. The van der Waals surface area contributed by atoms with Gasteiger partial charge in [-0.2, -0.15) is 4.73 Å². The minimum Gasteiger partial charge on any atom is -0.618 e. The lowest BCUT2D eigenvalue weighted by molar-refractivity contribution is -0.613. The van der Waals surface area contributed by atoms with Crippen LogP contribution in [0.25, 0.3) is 21.9 Å². The summed E-state index contributed by atoms with van der Waals surface area (Å²) in [6, 6.07) is 11.3. The van der Waals surface area contributed by atoms with Crippen molar-refractivity contribution < 1.29 is 13.9 Å². The van der Waals surface area contributed by atoms with E-state index < -0.39 is 0 Å². The van der Waals surface area contributed by atoms with Gasteiger partial charge in [-0.3, -0.25) is 0 Å². The monoisotopic (exact) mass is 351 g/mol. The number of benzene rings is 2. The van der Waals surface area contributed by atoms with Gasteiger partial charge in [-0.05, 0) is 56.0 Å². The average molecular weight is 351 g/mol. The molecule has 0 spiro atoms. The SMILES string of the molecule is Cc1ccc2c(-c3ccc(F)c(C)c3)c(C3CCOCC3)[n+]([O-])cc2c1. The molecule has 26 heavy (non-hydrogen) atoms. The van der Waals surface area contributed by atoms with Crippen LogP contribution in [0.2, 0.25) is 0 Å². The van der Waals surface area contributed by atoms with Crippen molar-refractivity contribution in [1.82, 2.24) is 0 Å². The fourth-order valence-electron chi connectivity index (χ4n) is 3.92. The maximum Gasteiger partial charge on any atom is 0.204 e. The molecule has 1 saturated heterocycles. The summed E-state index contributed by atoms with van der Waals surface area (Å²) in [4.78, 5) is 0. The van der Waals surface area contributed by atoms with E-state index in [1.54, 1.807) is 19.2 Å². The Morgan fingerprint density at radius 3 is 2.58 bits per heavy atom.